The number of aryl methyl sites for hydroxylation is 1. The summed E-state index contributed by atoms with van der Waals surface area (Å²) in [5.74, 6) is -0.169. The van der Waals surface area contributed by atoms with Gasteiger partial charge in [-0.2, -0.15) is 5.10 Å². The van der Waals surface area contributed by atoms with E-state index in [1.54, 1.807) is 6.07 Å². The Kier molecular flexibility index (Phi) is 4.00. The van der Waals surface area contributed by atoms with Crippen LogP contribution in [0.2, 0.25) is 0 Å². The van der Waals surface area contributed by atoms with E-state index in [0.717, 1.165) is 11.3 Å². The van der Waals surface area contributed by atoms with Crippen LogP contribution in [0.1, 0.15) is 42.8 Å². The molecule has 0 radical (unpaired) electrons. The van der Waals surface area contributed by atoms with Gasteiger partial charge in [-0.05, 0) is 26.8 Å². The van der Waals surface area contributed by atoms with Gasteiger partial charge in [0, 0.05) is 36.0 Å². The molecule has 0 aliphatic rings. The maximum absolute atomic E-state index is 13.7. The Morgan fingerprint density at radius 3 is 2.37 bits per heavy atom. The molecule has 102 valence electrons. The SMILES string of the molecule is Cc1c(C(C)NC(C)c2ccccc2F)cnn1C. The molecule has 0 saturated heterocycles. The predicted octanol–water partition coefficient (Wildman–Crippen LogP) is 3.28. The second-order valence-corrected chi connectivity index (χ2v) is 4.94. The van der Waals surface area contributed by atoms with Crippen molar-refractivity contribution in [2.45, 2.75) is 32.9 Å². The molecule has 4 heteroatoms. The van der Waals surface area contributed by atoms with Crippen LogP contribution < -0.4 is 5.32 Å². The minimum absolute atomic E-state index is 0.0455. The molecule has 1 N–H and O–H groups in total. The highest BCUT2D eigenvalue weighted by Gasteiger charge is 2.16. The minimum Gasteiger partial charge on any atom is -0.303 e. The van der Waals surface area contributed by atoms with Crippen LogP contribution in [0.3, 0.4) is 0 Å². The monoisotopic (exact) mass is 261 g/mol. The van der Waals surface area contributed by atoms with Crippen molar-refractivity contribution in [3.05, 3.63) is 53.1 Å². The van der Waals surface area contributed by atoms with Gasteiger partial charge in [-0.1, -0.05) is 18.2 Å². The highest BCUT2D eigenvalue weighted by molar-refractivity contribution is 5.23. The highest BCUT2D eigenvalue weighted by Crippen LogP contribution is 2.22. The molecule has 0 aliphatic carbocycles. The van der Waals surface area contributed by atoms with E-state index in [1.165, 1.54) is 6.07 Å². The Morgan fingerprint density at radius 2 is 1.79 bits per heavy atom. The number of nitrogens with zero attached hydrogens (tertiary/aromatic N) is 2. The van der Waals surface area contributed by atoms with E-state index in [1.807, 2.05) is 43.9 Å². The third kappa shape index (κ3) is 2.84. The number of benzene rings is 1. The van der Waals surface area contributed by atoms with E-state index in [0.29, 0.717) is 5.56 Å². The molecule has 0 spiro atoms. The molecular weight excluding hydrogens is 241 g/mol. The first-order valence-electron chi connectivity index (χ1n) is 6.49. The number of aromatic nitrogens is 2. The van der Waals surface area contributed by atoms with Crippen molar-refractivity contribution < 1.29 is 4.39 Å². The molecular formula is C15H20FN3. The zero-order valence-electron chi connectivity index (χ0n) is 11.8. The molecule has 3 nitrogen and oxygen atoms in total. The van der Waals surface area contributed by atoms with Crippen molar-refractivity contribution in [2.75, 3.05) is 0 Å². The zero-order valence-corrected chi connectivity index (χ0v) is 11.8. The maximum atomic E-state index is 13.7. The highest BCUT2D eigenvalue weighted by atomic mass is 19.1. The van der Waals surface area contributed by atoms with Crippen LogP contribution in [0.25, 0.3) is 0 Å². The second kappa shape index (κ2) is 5.53. The summed E-state index contributed by atoms with van der Waals surface area (Å²) in [4.78, 5) is 0. The van der Waals surface area contributed by atoms with Crippen LogP contribution in [0.15, 0.2) is 30.5 Å². The van der Waals surface area contributed by atoms with Crippen molar-refractivity contribution in [1.82, 2.24) is 15.1 Å². The summed E-state index contributed by atoms with van der Waals surface area (Å²) in [5.41, 5.74) is 2.96. The van der Waals surface area contributed by atoms with E-state index in [2.05, 4.69) is 17.3 Å². The van der Waals surface area contributed by atoms with E-state index < -0.39 is 0 Å². The minimum atomic E-state index is -0.169. The summed E-state index contributed by atoms with van der Waals surface area (Å²) in [6.45, 7) is 6.08. The largest absolute Gasteiger partial charge is 0.303 e. The molecule has 0 aliphatic heterocycles. The number of halogens is 1. The molecule has 0 saturated carbocycles. The van der Waals surface area contributed by atoms with Crippen molar-refractivity contribution in [3.8, 4) is 0 Å². The van der Waals surface area contributed by atoms with Crippen LogP contribution in [-0.4, -0.2) is 9.78 Å². The third-order valence-electron chi connectivity index (χ3n) is 3.61. The Morgan fingerprint density at radius 1 is 1.16 bits per heavy atom. The Bertz CT molecular complexity index is 562. The molecule has 0 fully saturated rings. The fraction of sp³-hybridized carbons (Fsp3) is 0.400. The predicted molar refractivity (Wildman–Crippen MR) is 74.3 cm³/mol. The van der Waals surface area contributed by atoms with Crippen molar-refractivity contribution in [1.29, 1.82) is 0 Å². The van der Waals surface area contributed by atoms with Crippen LogP contribution in [0.5, 0.6) is 0 Å². The summed E-state index contributed by atoms with van der Waals surface area (Å²) in [6.07, 6.45) is 1.86. The lowest BCUT2D eigenvalue weighted by Crippen LogP contribution is -2.23. The first-order valence-corrected chi connectivity index (χ1v) is 6.49. The van der Waals surface area contributed by atoms with Gasteiger partial charge >= 0.3 is 0 Å². The summed E-state index contributed by atoms with van der Waals surface area (Å²) in [6, 6.07) is 6.96. The summed E-state index contributed by atoms with van der Waals surface area (Å²) in [5, 5.41) is 7.65. The lowest BCUT2D eigenvalue weighted by atomic mass is 10.0. The van der Waals surface area contributed by atoms with Gasteiger partial charge < -0.3 is 5.32 Å². The average molecular weight is 261 g/mol. The smallest absolute Gasteiger partial charge is 0.127 e. The molecule has 1 heterocycles. The quantitative estimate of drug-likeness (QED) is 0.915. The van der Waals surface area contributed by atoms with Crippen molar-refractivity contribution in [3.63, 3.8) is 0 Å². The standard InChI is InChI=1S/C15H20FN3/c1-10(13-7-5-6-8-15(13)16)18-11(2)14-9-17-19(4)12(14)3/h5-11,18H,1-4H3. The zero-order chi connectivity index (χ0) is 14.0. The van der Waals surface area contributed by atoms with Gasteiger partial charge in [0.25, 0.3) is 0 Å². The lowest BCUT2D eigenvalue weighted by molar-refractivity contribution is 0.472. The van der Waals surface area contributed by atoms with Gasteiger partial charge in [0.15, 0.2) is 0 Å². The molecule has 2 aromatic rings. The Balaban J connectivity index is 2.13. The molecule has 0 bridgehead atoms. The first-order chi connectivity index (χ1) is 9.00. The van der Waals surface area contributed by atoms with E-state index >= 15 is 0 Å². The summed E-state index contributed by atoms with van der Waals surface area (Å²) < 4.78 is 15.6. The summed E-state index contributed by atoms with van der Waals surface area (Å²) >= 11 is 0. The fourth-order valence-electron chi connectivity index (χ4n) is 2.32. The molecule has 19 heavy (non-hydrogen) atoms. The molecule has 2 unspecified atom stereocenters. The Hall–Kier alpha value is -1.68. The molecule has 2 rings (SSSR count). The number of hydrogen-bond acceptors (Lipinski definition) is 2. The van der Waals surface area contributed by atoms with Gasteiger partial charge in [-0.3, -0.25) is 4.68 Å². The molecule has 2 atom stereocenters. The number of nitrogens with one attached hydrogen (secondary N) is 1. The Labute approximate surface area is 113 Å². The van der Waals surface area contributed by atoms with Crippen LogP contribution in [0, 0.1) is 12.7 Å². The molecule has 1 aromatic carbocycles. The van der Waals surface area contributed by atoms with E-state index in [4.69, 9.17) is 0 Å². The number of rotatable bonds is 4. The third-order valence-corrected chi connectivity index (χ3v) is 3.61. The van der Waals surface area contributed by atoms with Crippen LogP contribution >= 0.6 is 0 Å². The second-order valence-electron chi connectivity index (χ2n) is 4.94. The lowest BCUT2D eigenvalue weighted by Gasteiger charge is -2.20. The summed E-state index contributed by atoms with van der Waals surface area (Å²) in [7, 11) is 1.92. The number of hydrogen-bond donors (Lipinski definition) is 1. The molecule has 1 aromatic heterocycles. The van der Waals surface area contributed by atoms with Crippen LogP contribution in [0.4, 0.5) is 4.39 Å². The van der Waals surface area contributed by atoms with Gasteiger partial charge in [-0.15, -0.1) is 0 Å². The topological polar surface area (TPSA) is 29.9 Å². The first kappa shape index (κ1) is 13.7. The molecule has 0 amide bonds. The van der Waals surface area contributed by atoms with E-state index in [-0.39, 0.29) is 17.9 Å². The van der Waals surface area contributed by atoms with Gasteiger partial charge in [0.05, 0.1) is 6.20 Å². The van der Waals surface area contributed by atoms with Crippen molar-refractivity contribution >= 4 is 0 Å². The fourth-order valence-corrected chi connectivity index (χ4v) is 2.32. The van der Waals surface area contributed by atoms with Gasteiger partial charge in [-0.25, -0.2) is 4.39 Å². The van der Waals surface area contributed by atoms with E-state index in [9.17, 15) is 4.39 Å². The average Bonchev–Trinajstić information content (AvgIpc) is 2.70. The maximum Gasteiger partial charge on any atom is 0.127 e. The van der Waals surface area contributed by atoms with Crippen LogP contribution in [-0.2, 0) is 7.05 Å². The normalized spacial score (nSPS) is 14.4. The van der Waals surface area contributed by atoms with Gasteiger partial charge in [0.1, 0.15) is 5.82 Å². The van der Waals surface area contributed by atoms with Gasteiger partial charge in [0.2, 0.25) is 0 Å². The van der Waals surface area contributed by atoms with Crippen molar-refractivity contribution in [2.24, 2.45) is 7.05 Å².